The topological polar surface area (TPSA) is 161 Å². The lowest BCUT2D eigenvalue weighted by Gasteiger charge is -2.25. The first-order valence-electron chi connectivity index (χ1n) is 14.2. The van der Waals surface area contributed by atoms with Crippen LogP contribution in [0, 0.1) is 11.8 Å². The summed E-state index contributed by atoms with van der Waals surface area (Å²) in [5.41, 5.74) is 6.91. The van der Waals surface area contributed by atoms with Crippen molar-refractivity contribution in [3.63, 3.8) is 0 Å². The number of carbonyl (C=O) groups excluding carboxylic acids is 4. The molecule has 6 N–H and O–H groups in total. The Balaban J connectivity index is 2.77. The van der Waals surface area contributed by atoms with E-state index in [0.717, 1.165) is 12.8 Å². The number of amides is 5. The molecule has 0 saturated carbocycles. The summed E-state index contributed by atoms with van der Waals surface area (Å²) in [6.07, 6.45) is 2.63. The van der Waals surface area contributed by atoms with E-state index < -0.39 is 29.9 Å². The van der Waals surface area contributed by atoms with Crippen LogP contribution in [0.3, 0.4) is 0 Å². The Morgan fingerprint density at radius 1 is 0.875 bits per heavy atom. The van der Waals surface area contributed by atoms with Crippen molar-refractivity contribution in [2.75, 3.05) is 38.3 Å². The van der Waals surface area contributed by atoms with Gasteiger partial charge in [0.05, 0.1) is 19.8 Å². The summed E-state index contributed by atoms with van der Waals surface area (Å²) in [7, 11) is 0. The van der Waals surface area contributed by atoms with Crippen LogP contribution in [0.2, 0.25) is 0 Å². The SMILES string of the molecule is CCCOCCOCCC(=O)N[C@H](C(=O)N[C@@H](CCCNC(N)=O)C(=O)Nc1ccc(CC(C)C)cc1)C(C)C. The number of urea groups is 1. The average molecular weight is 564 g/mol. The lowest BCUT2D eigenvalue weighted by Crippen LogP contribution is -2.54. The van der Waals surface area contributed by atoms with Gasteiger partial charge in [0.2, 0.25) is 17.7 Å². The van der Waals surface area contributed by atoms with E-state index in [1.807, 2.05) is 45.0 Å². The van der Waals surface area contributed by atoms with E-state index in [9.17, 15) is 19.2 Å². The van der Waals surface area contributed by atoms with Crippen LogP contribution >= 0.6 is 0 Å². The molecule has 0 radical (unpaired) electrons. The Morgan fingerprint density at radius 3 is 2.10 bits per heavy atom. The highest BCUT2D eigenvalue weighted by molar-refractivity contribution is 5.98. The second-order valence-corrected chi connectivity index (χ2v) is 10.5. The number of anilines is 1. The van der Waals surface area contributed by atoms with E-state index in [1.165, 1.54) is 5.56 Å². The van der Waals surface area contributed by atoms with Crippen LogP contribution in [-0.2, 0) is 30.3 Å². The fraction of sp³-hybridized carbons (Fsp3) is 0.655. The zero-order chi connectivity index (χ0) is 29.9. The van der Waals surface area contributed by atoms with Gasteiger partial charge in [0.15, 0.2) is 0 Å². The second kappa shape index (κ2) is 19.8. The Morgan fingerprint density at radius 2 is 1.52 bits per heavy atom. The number of carbonyl (C=O) groups is 4. The molecule has 0 saturated heterocycles. The van der Waals surface area contributed by atoms with E-state index in [2.05, 4.69) is 35.1 Å². The van der Waals surface area contributed by atoms with Crippen molar-refractivity contribution >= 4 is 29.4 Å². The molecule has 2 atom stereocenters. The van der Waals surface area contributed by atoms with Crippen molar-refractivity contribution in [2.24, 2.45) is 17.6 Å². The van der Waals surface area contributed by atoms with E-state index in [1.54, 1.807) is 0 Å². The molecule has 1 aromatic rings. The van der Waals surface area contributed by atoms with Crippen LogP contribution in [0.15, 0.2) is 24.3 Å². The highest BCUT2D eigenvalue weighted by atomic mass is 16.5. The zero-order valence-corrected chi connectivity index (χ0v) is 24.7. The van der Waals surface area contributed by atoms with Crippen LogP contribution in [-0.4, -0.2) is 68.8 Å². The number of benzene rings is 1. The molecule has 0 spiro atoms. The van der Waals surface area contributed by atoms with Crippen LogP contribution in [0.1, 0.15) is 65.9 Å². The summed E-state index contributed by atoms with van der Waals surface area (Å²) in [4.78, 5) is 49.9. The second-order valence-electron chi connectivity index (χ2n) is 10.5. The first-order valence-corrected chi connectivity index (χ1v) is 14.2. The van der Waals surface area contributed by atoms with Crippen molar-refractivity contribution in [1.29, 1.82) is 0 Å². The fourth-order valence-corrected chi connectivity index (χ4v) is 3.88. The highest BCUT2D eigenvalue weighted by Crippen LogP contribution is 2.14. The van der Waals surface area contributed by atoms with Gasteiger partial charge in [0.25, 0.3) is 0 Å². The van der Waals surface area contributed by atoms with Crippen LogP contribution < -0.4 is 27.0 Å². The molecule has 5 amide bonds. The van der Waals surface area contributed by atoms with E-state index in [-0.39, 0.29) is 37.8 Å². The van der Waals surface area contributed by atoms with Crippen molar-refractivity contribution in [2.45, 2.75) is 78.8 Å². The lowest BCUT2D eigenvalue weighted by atomic mass is 10.0. The lowest BCUT2D eigenvalue weighted by molar-refractivity contribution is -0.132. The first-order chi connectivity index (χ1) is 19.0. The summed E-state index contributed by atoms with van der Waals surface area (Å²) in [5.74, 6) is -0.886. The van der Waals surface area contributed by atoms with Gasteiger partial charge in [-0.1, -0.05) is 46.8 Å². The monoisotopic (exact) mass is 563 g/mol. The Labute approximate surface area is 238 Å². The summed E-state index contributed by atoms with van der Waals surface area (Å²) < 4.78 is 10.8. The molecule has 11 heteroatoms. The maximum atomic E-state index is 13.2. The van der Waals surface area contributed by atoms with Gasteiger partial charge in [-0.25, -0.2) is 4.79 Å². The maximum Gasteiger partial charge on any atom is 0.312 e. The quantitative estimate of drug-likeness (QED) is 0.153. The fourth-order valence-electron chi connectivity index (χ4n) is 3.88. The Bertz CT molecular complexity index is 907. The van der Waals surface area contributed by atoms with Crippen molar-refractivity contribution in [3.8, 4) is 0 Å². The number of primary amides is 1. The number of nitrogens with one attached hydrogen (secondary N) is 4. The molecular formula is C29H49N5O6. The molecular weight excluding hydrogens is 514 g/mol. The van der Waals surface area contributed by atoms with Gasteiger partial charge < -0.3 is 36.5 Å². The molecule has 40 heavy (non-hydrogen) atoms. The van der Waals surface area contributed by atoms with Gasteiger partial charge in [-0.15, -0.1) is 0 Å². The maximum absolute atomic E-state index is 13.2. The van der Waals surface area contributed by atoms with Gasteiger partial charge >= 0.3 is 6.03 Å². The van der Waals surface area contributed by atoms with E-state index >= 15 is 0 Å². The molecule has 11 nitrogen and oxygen atoms in total. The number of rotatable bonds is 20. The molecule has 0 heterocycles. The number of hydrogen-bond acceptors (Lipinski definition) is 6. The zero-order valence-electron chi connectivity index (χ0n) is 24.7. The van der Waals surface area contributed by atoms with Gasteiger partial charge in [-0.05, 0) is 55.2 Å². The molecule has 1 aromatic carbocycles. The minimum Gasteiger partial charge on any atom is -0.379 e. The smallest absolute Gasteiger partial charge is 0.312 e. The number of ether oxygens (including phenoxy) is 2. The third-order valence-corrected chi connectivity index (χ3v) is 5.93. The third-order valence-electron chi connectivity index (χ3n) is 5.93. The first kappa shape index (κ1) is 34.8. The summed E-state index contributed by atoms with van der Waals surface area (Å²) in [6, 6.07) is 5.21. The van der Waals surface area contributed by atoms with E-state index in [4.69, 9.17) is 15.2 Å². The van der Waals surface area contributed by atoms with Crippen LogP contribution in [0.25, 0.3) is 0 Å². The highest BCUT2D eigenvalue weighted by Gasteiger charge is 2.28. The third kappa shape index (κ3) is 15.4. The predicted molar refractivity (Wildman–Crippen MR) is 156 cm³/mol. The van der Waals surface area contributed by atoms with Crippen LogP contribution in [0.4, 0.5) is 10.5 Å². The normalized spacial score (nSPS) is 12.6. The van der Waals surface area contributed by atoms with Crippen molar-refractivity contribution in [1.82, 2.24) is 16.0 Å². The molecule has 226 valence electrons. The molecule has 0 bridgehead atoms. The predicted octanol–water partition coefficient (Wildman–Crippen LogP) is 2.73. The average Bonchev–Trinajstić information content (AvgIpc) is 2.88. The molecule has 1 rings (SSSR count). The number of hydrogen-bond donors (Lipinski definition) is 5. The molecule has 0 aliphatic heterocycles. The molecule has 0 fully saturated rings. The largest absolute Gasteiger partial charge is 0.379 e. The minimum atomic E-state index is -0.887. The number of nitrogens with two attached hydrogens (primary N) is 1. The van der Waals surface area contributed by atoms with Gasteiger partial charge in [-0.3, -0.25) is 14.4 Å². The molecule has 0 aliphatic carbocycles. The minimum absolute atomic E-state index is 0.0970. The molecule has 0 unspecified atom stereocenters. The van der Waals surface area contributed by atoms with Gasteiger partial charge in [0, 0.05) is 25.3 Å². The van der Waals surface area contributed by atoms with Crippen molar-refractivity contribution in [3.05, 3.63) is 29.8 Å². The molecule has 0 aromatic heterocycles. The van der Waals surface area contributed by atoms with Gasteiger partial charge in [-0.2, -0.15) is 0 Å². The van der Waals surface area contributed by atoms with Gasteiger partial charge in [0.1, 0.15) is 12.1 Å². The summed E-state index contributed by atoms with van der Waals surface area (Å²) in [5, 5.41) is 10.9. The van der Waals surface area contributed by atoms with Crippen molar-refractivity contribution < 1.29 is 28.7 Å². The van der Waals surface area contributed by atoms with E-state index in [0.29, 0.717) is 37.8 Å². The Hall–Kier alpha value is -3.18. The van der Waals surface area contributed by atoms with Crippen LogP contribution in [0.5, 0.6) is 0 Å². The Kier molecular flexibility index (Phi) is 17.3. The summed E-state index contributed by atoms with van der Waals surface area (Å²) >= 11 is 0. The standard InChI is InChI=1S/C29H49N5O6/c1-6-15-39-17-18-40-16-13-25(35)34-26(21(4)5)28(37)33-24(8-7-14-31-29(30)38)27(36)32-23-11-9-22(10-12-23)19-20(2)3/h9-12,20-21,24,26H,6-8,13-19H2,1-5H3,(H,32,36)(H,33,37)(H,34,35)(H3,30,31,38)/t24-,26-/m0/s1. The molecule has 0 aliphatic rings. The summed E-state index contributed by atoms with van der Waals surface area (Å²) in [6.45, 7) is 11.9.